The maximum atomic E-state index is 13.4. The summed E-state index contributed by atoms with van der Waals surface area (Å²) in [6, 6.07) is 24.4. The number of amidine groups is 1. The van der Waals surface area contributed by atoms with Gasteiger partial charge in [-0.15, -0.1) is 0 Å². The number of carbonyl (C=O) groups excluding carboxylic acids is 1. The third-order valence-electron chi connectivity index (χ3n) is 5.05. The van der Waals surface area contributed by atoms with E-state index < -0.39 is 0 Å². The fraction of sp³-hybridized carbons (Fsp3) is 0.115. The lowest BCUT2D eigenvalue weighted by atomic mass is 10.1. The number of rotatable bonds is 6. The van der Waals surface area contributed by atoms with Crippen molar-refractivity contribution in [3.63, 3.8) is 0 Å². The van der Waals surface area contributed by atoms with Crippen LogP contribution in [0.25, 0.3) is 6.08 Å². The number of amides is 1. The van der Waals surface area contributed by atoms with Gasteiger partial charge in [-0.2, -0.15) is 5.26 Å². The van der Waals surface area contributed by atoms with Gasteiger partial charge >= 0.3 is 0 Å². The van der Waals surface area contributed by atoms with Crippen LogP contribution < -0.4 is 14.4 Å². The van der Waals surface area contributed by atoms with Crippen LogP contribution in [0.5, 0.6) is 11.5 Å². The standard InChI is InChI=1S/C26H21N3O3S/c1-31-22-12-10-18(11-13-22)14-24-25(30)29(21-8-5-9-23(15-21)32-2)26(28-24)33-17-20-7-4-3-6-19(20)16-27/h3-15H,17H2,1-2H3/b24-14-. The molecule has 164 valence electrons. The summed E-state index contributed by atoms with van der Waals surface area (Å²) in [4.78, 5) is 19.6. The van der Waals surface area contributed by atoms with E-state index in [9.17, 15) is 10.1 Å². The zero-order chi connectivity index (χ0) is 23.2. The fourth-order valence-corrected chi connectivity index (χ4v) is 4.34. The van der Waals surface area contributed by atoms with Crippen molar-refractivity contribution in [3.8, 4) is 17.6 Å². The monoisotopic (exact) mass is 455 g/mol. The molecule has 0 N–H and O–H groups in total. The highest BCUT2D eigenvalue weighted by atomic mass is 32.2. The van der Waals surface area contributed by atoms with E-state index >= 15 is 0 Å². The summed E-state index contributed by atoms with van der Waals surface area (Å²) in [5.41, 5.74) is 3.33. The van der Waals surface area contributed by atoms with Gasteiger partial charge in [-0.3, -0.25) is 9.69 Å². The SMILES string of the molecule is COc1ccc(/C=C2\N=C(SCc3ccccc3C#N)N(c3cccc(OC)c3)C2=O)cc1. The number of anilines is 1. The summed E-state index contributed by atoms with van der Waals surface area (Å²) < 4.78 is 10.5. The highest BCUT2D eigenvalue weighted by Crippen LogP contribution is 2.33. The third kappa shape index (κ3) is 4.92. The molecule has 0 saturated heterocycles. The minimum atomic E-state index is -0.227. The molecular weight excluding hydrogens is 434 g/mol. The molecule has 3 aromatic carbocycles. The van der Waals surface area contributed by atoms with E-state index in [0.717, 1.165) is 16.9 Å². The second-order valence-electron chi connectivity index (χ2n) is 7.10. The molecule has 0 atom stereocenters. The second kappa shape index (κ2) is 10.1. The largest absolute Gasteiger partial charge is 0.497 e. The second-order valence-corrected chi connectivity index (χ2v) is 8.04. The van der Waals surface area contributed by atoms with Gasteiger partial charge in [0.25, 0.3) is 5.91 Å². The lowest BCUT2D eigenvalue weighted by molar-refractivity contribution is -0.113. The van der Waals surface area contributed by atoms with E-state index in [0.29, 0.717) is 33.6 Å². The van der Waals surface area contributed by atoms with Gasteiger partial charge in [0, 0.05) is 11.8 Å². The van der Waals surface area contributed by atoms with Crippen molar-refractivity contribution in [1.82, 2.24) is 0 Å². The van der Waals surface area contributed by atoms with Gasteiger partial charge in [0.1, 0.15) is 17.2 Å². The number of ether oxygens (including phenoxy) is 2. The van der Waals surface area contributed by atoms with Crippen molar-refractivity contribution in [1.29, 1.82) is 5.26 Å². The molecule has 0 bridgehead atoms. The molecule has 0 radical (unpaired) electrons. The Morgan fingerprint density at radius 2 is 1.76 bits per heavy atom. The van der Waals surface area contributed by atoms with Gasteiger partial charge in [0.05, 0.1) is 31.5 Å². The Morgan fingerprint density at radius 3 is 2.48 bits per heavy atom. The van der Waals surface area contributed by atoms with E-state index in [-0.39, 0.29) is 5.91 Å². The van der Waals surface area contributed by atoms with Crippen molar-refractivity contribution >= 4 is 34.6 Å². The zero-order valence-corrected chi connectivity index (χ0v) is 19.0. The predicted molar refractivity (Wildman–Crippen MR) is 131 cm³/mol. The number of thioether (sulfide) groups is 1. The smallest absolute Gasteiger partial charge is 0.283 e. The highest BCUT2D eigenvalue weighted by molar-refractivity contribution is 8.13. The molecule has 0 fully saturated rings. The van der Waals surface area contributed by atoms with Crippen LogP contribution in [0.2, 0.25) is 0 Å². The van der Waals surface area contributed by atoms with Gasteiger partial charge in [-0.1, -0.05) is 48.2 Å². The fourth-order valence-electron chi connectivity index (χ4n) is 3.33. The molecular formula is C26H21N3O3S. The van der Waals surface area contributed by atoms with Gasteiger partial charge in [-0.25, -0.2) is 4.99 Å². The first-order chi connectivity index (χ1) is 16.1. The van der Waals surface area contributed by atoms with E-state index in [4.69, 9.17) is 9.47 Å². The Hall–Kier alpha value is -4.02. The van der Waals surface area contributed by atoms with Crippen molar-refractivity contribution in [2.45, 2.75) is 5.75 Å². The third-order valence-corrected chi connectivity index (χ3v) is 6.04. The number of carbonyl (C=O) groups is 1. The quantitative estimate of drug-likeness (QED) is 0.475. The lowest BCUT2D eigenvalue weighted by Gasteiger charge is -2.18. The van der Waals surface area contributed by atoms with E-state index in [1.165, 1.54) is 11.8 Å². The summed E-state index contributed by atoms with van der Waals surface area (Å²) >= 11 is 1.41. The molecule has 33 heavy (non-hydrogen) atoms. The van der Waals surface area contributed by atoms with Crippen LogP contribution >= 0.6 is 11.8 Å². The predicted octanol–water partition coefficient (Wildman–Crippen LogP) is 5.25. The van der Waals surface area contributed by atoms with E-state index in [1.54, 1.807) is 37.3 Å². The molecule has 1 aliphatic rings. The molecule has 0 aromatic heterocycles. The van der Waals surface area contributed by atoms with Crippen molar-refractivity contribution in [2.75, 3.05) is 19.1 Å². The van der Waals surface area contributed by atoms with Crippen molar-refractivity contribution in [2.24, 2.45) is 4.99 Å². The average Bonchev–Trinajstić information content (AvgIpc) is 3.18. The minimum Gasteiger partial charge on any atom is -0.497 e. The van der Waals surface area contributed by atoms with Crippen LogP contribution in [0, 0.1) is 11.3 Å². The first kappa shape index (κ1) is 22.2. The molecule has 6 nitrogen and oxygen atoms in total. The highest BCUT2D eigenvalue weighted by Gasteiger charge is 2.32. The molecule has 0 spiro atoms. The number of aliphatic imine (C=N–C) groups is 1. The van der Waals surface area contributed by atoms with Gasteiger partial charge in [0.15, 0.2) is 5.17 Å². The normalized spacial score (nSPS) is 14.2. The molecule has 1 aliphatic heterocycles. The van der Waals surface area contributed by atoms with Crippen LogP contribution in [0.4, 0.5) is 5.69 Å². The maximum absolute atomic E-state index is 13.4. The molecule has 4 rings (SSSR count). The average molecular weight is 456 g/mol. The summed E-state index contributed by atoms with van der Waals surface area (Å²) in [6.45, 7) is 0. The lowest BCUT2D eigenvalue weighted by Crippen LogP contribution is -2.30. The Balaban J connectivity index is 1.68. The van der Waals surface area contributed by atoms with Gasteiger partial charge < -0.3 is 9.47 Å². The van der Waals surface area contributed by atoms with E-state index in [1.807, 2.05) is 60.7 Å². The Kier molecular flexibility index (Phi) is 6.77. The zero-order valence-electron chi connectivity index (χ0n) is 18.2. The van der Waals surface area contributed by atoms with Crippen LogP contribution in [0.1, 0.15) is 16.7 Å². The first-order valence-electron chi connectivity index (χ1n) is 10.2. The number of benzene rings is 3. The summed E-state index contributed by atoms with van der Waals surface area (Å²) in [5.74, 6) is 1.66. The Morgan fingerprint density at radius 1 is 1.00 bits per heavy atom. The number of hydrogen-bond acceptors (Lipinski definition) is 6. The molecule has 7 heteroatoms. The molecule has 1 amide bonds. The number of nitrogens with zero attached hydrogens (tertiary/aromatic N) is 3. The van der Waals surface area contributed by atoms with Crippen LogP contribution in [0.3, 0.4) is 0 Å². The molecule has 0 aliphatic carbocycles. The minimum absolute atomic E-state index is 0.227. The van der Waals surface area contributed by atoms with Crippen LogP contribution in [-0.2, 0) is 10.5 Å². The summed E-state index contributed by atoms with van der Waals surface area (Å²) in [6.07, 6.45) is 1.76. The van der Waals surface area contributed by atoms with Crippen molar-refractivity contribution in [3.05, 3.63) is 95.2 Å². The first-order valence-corrected chi connectivity index (χ1v) is 11.1. The topological polar surface area (TPSA) is 74.9 Å². The van der Waals surface area contributed by atoms with Crippen LogP contribution in [0.15, 0.2) is 83.5 Å². The maximum Gasteiger partial charge on any atom is 0.283 e. The number of hydrogen-bond donors (Lipinski definition) is 0. The summed E-state index contributed by atoms with van der Waals surface area (Å²) in [5, 5.41) is 9.94. The number of nitriles is 1. The van der Waals surface area contributed by atoms with Crippen LogP contribution in [-0.4, -0.2) is 25.3 Å². The molecule has 0 saturated carbocycles. The Bertz CT molecular complexity index is 1280. The van der Waals surface area contributed by atoms with Gasteiger partial charge in [0.2, 0.25) is 0 Å². The summed E-state index contributed by atoms with van der Waals surface area (Å²) in [7, 11) is 3.20. The van der Waals surface area contributed by atoms with Crippen molar-refractivity contribution < 1.29 is 14.3 Å². The molecule has 1 heterocycles. The Labute approximate surface area is 196 Å². The molecule has 3 aromatic rings. The number of methoxy groups -OCH3 is 2. The molecule has 0 unspecified atom stereocenters. The van der Waals surface area contributed by atoms with Gasteiger partial charge in [-0.05, 0) is 47.5 Å². The van der Waals surface area contributed by atoms with E-state index in [2.05, 4.69) is 11.1 Å².